The minimum atomic E-state index is -5.00. The molecular formula is C85H142O17P2. The van der Waals surface area contributed by atoms with Crippen molar-refractivity contribution < 1.29 is 80.2 Å². The van der Waals surface area contributed by atoms with E-state index in [4.69, 9.17) is 37.0 Å². The van der Waals surface area contributed by atoms with Crippen LogP contribution in [0.3, 0.4) is 0 Å². The molecule has 0 bridgehead atoms. The van der Waals surface area contributed by atoms with Crippen LogP contribution in [0.1, 0.15) is 310 Å². The molecule has 0 aromatic heterocycles. The molecule has 0 saturated heterocycles. The molecule has 17 nitrogen and oxygen atoms in total. The first-order valence-corrected chi connectivity index (χ1v) is 43.1. The normalized spacial score (nSPS) is 14.6. The average molecular weight is 1500 g/mol. The van der Waals surface area contributed by atoms with Gasteiger partial charge < -0.3 is 33.8 Å². The summed E-state index contributed by atoms with van der Waals surface area (Å²) in [4.78, 5) is 73.0. The number of hydrogen-bond acceptors (Lipinski definition) is 15. The summed E-state index contributed by atoms with van der Waals surface area (Å²) in [6, 6.07) is 0. The fourth-order valence-electron chi connectivity index (χ4n) is 10.1. The Hall–Kier alpha value is -5.06. The van der Waals surface area contributed by atoms with Gasteiger partial charge in [0.25, 0.3) is 0 Å². The molecule has 0 aromatic rings. The number of phosphoric ester groups is 2. The Morgan fingerprint density at radius 3 is 0.827 bits per heavy atom. The molecule has 4 atom stereocenters. The molecule has 0 fully saturated rings. The van der Waals surface area contributed by atoms with Crippen LogP contribution in [0.4, 0.5) is 0 Å². The van der Waals surface area contributed by atoms with Crippen molar-refractivity contribution in [1.82, 2.24) is 0 Å². The standard InChI is InChI=1S/C85H142O17P2/c1-5-9-13-17-21-25-29-33-37-39-43-45-49-53-57-61-65-69-82(87)95-75-80(101-84(89)71-67-63-59-55-51-47-41-35-31-27-23-19-15-11-7-3)77-99-103(91,92)97-73-79(86)74-98-104(93,94)100-78-81(102-85(90)72-68-64-60-56-52-48-42-36-32-28-24-20-16-12-8-4)76-96-83(88)70-66-62-58-54-50-46-44-40-38-34-30-26-22-18-14-10-6-2/h21-22,25-28,31-38,41-46,53-54,57-58,79-81,86H,5-20,23-24,29-30,39-40,47-52,55-56,59-78H2,1-4H3,(H,91,92)(H,93,94)/b25-21-,26-22-,31-27-,32-28-,37-33-,38-34-,41-35-,42-36-,45-43-,46-44-,57-53-,58-54-/t80-,81-/m1/s1. The van der Waals surface area contributed by atoms with E-state index in [0.717, 1.165) is 128 Å². The molecule has 0 heterocycles. The molecule has 2 unspecified atom stereocenters. The lowest BCUT2D eigenvalue weighted by Gasteiger charge is -2.21. The van der Waals surface area contributed by atoms with Gasteiger partial charge in [-0.15, -0.1) is 0 Å². The Kier molecular flexibility index (Phi) is 72.4. The molecule has 104 heavy (non-hydrogen) atoms. The van der Waals surface area contributed by atoms with Gasteiger partial charge in [0.2, 0.25) is 0 Å². The van der Waals surface area contributed by atoms with Crippen LogP contribution in [-0.2, 0) is 65.4 Å². The van der Waals surface area contributed by atoms with Crippen LogP contribution < -0.4 is 0 Å². The smallest absolute Gasteiger partial charge is 0.462 e. The number of unbranched alkanes of at least 4 members (excludes halogenated alkanes) is 26. The first-order valence-electron chi connectivity index (χ1n) is 40.1. The molecule has 19 heteroatoms. The Balaban J connectivity index is 5.49. The third-order valence-corrected chi connectivity index (χ3v) is 18.2. The van der Waals surface area contributed by atoms with Crippen LogP contribution in [0.25, 0.3) is 0 Å². The molecule has 0 aliphatic rings. The molecule has 3 N–H and O–H groups in total. The maximum atomic E-state index is 13.1. The molecule has 0 aliphatic carbocycles. The van der Waals surface area contributed by atoms with Crippen LogP contribution in [0.2, 0.25) is 0 Å². The molecular weight excluding hydrogens is 1350 g/mol. The lowest BCUT2D eigenvalue weighted by atomic mass is 10.1. The highest BCUT2D eigenvalue weighted by molar-refractivity contribution is 7.47. The SMILES string of the molecule is CCCCC/C=C\C/C=C\C/C=C\C/C=C\CCCC(=O)OC[C@H](COP(=O)(O)OCC(O)COP(=O)(O)OC[C@@H](COC(=O)CCC/C=C\C/C=C\C/C=C\C/C=C\CCCCC)OC(=O)CCCCCCC/C=C\C=C/CCCCCC)OC(=O)CCCCCCC/C=C\C=C/CCCCCC. The van der Waals surface area contributed by atoms with Gasteiger partial charge in [0.15, 0.2) is 12.2 Å². The summed E-state index contributed by atoms with van der Waals surface area (Å²) >= 11 is 0. The number of carbonyl (C=O) groups is 4. The topological polar surface area (TPSA) is 237 Å². The van der Waals surface area contributed by atoms with Gasteiger partial charge in [-0.3, -0.25) is 37.3 Å². The van der Waals surface area contributed by atoms with E-state index in [9.17, 15) is 43.2 Å². The van der Waals surface area contributed by atoms with Crippen LogP contribution >= 0.6 is 15.6 Å². The van der Waals surface area contributed by atoms with Gasteiger partial charge in [-0.05, 0) is 154 Å². The van der Waals surface area contributed by atoms with E-state index in [1.54, 1.807) is 0 Å². The van der Waals surface area contributed by atoms with Gasteiger partial charge >= 0.3 is 39.5 Å². The van der Waals surface area contributed by atoms with Gasteiger partial charge in [-0.1, -0.05) is 276 Å². The first-order chi connectivity index (χ1) is 50.7. The largest absolute Gasteiger partial charge is 0.472 e. The van der Waals surface area contributed by atoms with E-state index in [-0.39, 0.29) is 25.7 Å². The number of rotatable bonds is 74. The van der Waals surface area contributed by atoms with Gasteiger partial charge in [-0.25, -0.2) is 9.13 Å². The fraction of sp³-hybridized carbons (Fsp3) is 0.671. The highest BCUT2D eigenvalue weighted by Gasteiger charge is 2.30. The van der Waals surface area contributed by atoms with Crippen molar-refractivity contribution >= 4 is 39.5 Å². The Labute approximate surface area is 630 Å². The molecule has 0 rings (SSSR count). The van der Waals surface area contributed by atoms with Crippen molar-refractivity contribution in [3.05, 3.63) is 146 Å². The summed E-state index contributed by atoms with van der Waals surface area (Å²) in [7, 11) is -10.0. The number of aliphatic hydroxyl groups excluding tert-OH is 1. The molecule has 0 saturated carbocycles. The minimum Gasteiger partial charge on any atom is -0.462 e. The second-order valence-electron chi connectivity index (χ2n) is 26.3. The molecule has 0 spiro atoms. The summed E-state index contributed by atoms with van der Waals surface area (Å²) in [6.07, 6.45) is 86.9. The number of allylic oxidation sites excluding steroid dienone is 24. The van der Waals surface area contributed by atoms with Crippen molar-refractivity contribution in [2.24, 2.45) is 0 Å². The molecule has 0 radical (unpaired) electrons. The Morgan fingerprint density at radius 1 is 0.279 bits per heavy atom. The number of ether oxygens (including phenoxy) is 4. The Morgan fingerprint density at radius 2 is 0.510 bits per heavy atom. The maximum absolute atomic E-state index is 13.1. The quantitative estimate of drug-likeness (QED) is 0.0128. The molecule has 0 aliphatic heterocycles. The predicted molar refractivity (Wildman–Crippen MR) is 427 cm³/mol. The Bertz CT molecular complexity index is 2370. The third-order valence-electron chi connectivity index (χ3n) is 16.3. The predicted octanol–water partition coefficient (Wildman–Crippen LogP) is 23.4. The number of aliphatic hydroxyl groups is 1. The van der Waals surface area contributed by atoms with E-state index >= 15 is 0 Å². The van der Waals surface area contributed by atoms with Gasteiger partial charge in [-0.2, -0.15) is 0 Å². The average Bonchev–Trinajstić information content (AvgIpc) is 0.937. The fourth-order valence-corrected chi connectivity index (χ4v) is 11.7. The van der Waals surface area contributed by atoms with Gasteiger partial charge in [0.05, 0.1) is 26.4 Å². The molecule has 0 amide bonds. The summed E-state index contributed by atoms with van der Waals surface area (Å²) < 4.78 is 68.5. The van der Waals surface area contributed by atoms with Crippen molar-refractivity contribution in [2.45, 2.75) is 329 Å². The van der Waals surface area contributed by atoms with Crippen LogP contribution in [-0.4, -0.2) is 96.7 Å². The first kappa shape index (κ1) is 98.9. The second kappa shape index (κ2) is 76.1. The highest BCUT2D eigenvalue weighted by atomic mass is 31.2. The summed E-state index contributed by atoms with van der Waals surface area (Å²) in [5.41, 5.74) is 0. The lowest BCUT2D eigenvalue weighted by Crippen LogP contribution is -2.30. The van der Waals surface area contributed by atoms with Crippen molar-refractivity contribution in [3.8, 4) is 0 Å². The number of hydrogen-bond donors (Lipinski definition) is 3. The monoisotopic (exact) mass is 1500 g/mol. The van der Waals surface area contributed by atoms with E-state index in [0.29, 0.717) is 38.5 Å². The van der Waals surface area contributed by atoms with E-state index in [2.05, 4.69) is 149 Å². The summed E-state index contributed by atoms with van der Waals surface area (Å²) in [5, 5.41) is 10.6. The summed E-state index contributed by atoms with van der Waals surface area (Å²) in [6.45, 7) is 4.62. The zero-order chi connectivity index (χ0) is 76.0. The van der Waals surface area contributed by atoms with Crippen molar-refractivity contribution in [3.63, 3.8) is 0 Å². The number of carbonyl (C=O) groups excluding carboxylic acids is 4. The number of esters is 4. The second-order valence-corrected chi connectivity index (χ2v) is 29.3. The van der Waals surface area contributed by atoms with Crippen LogP contribution in [0, 0.1) is 0 Å². The van der Waals surface area contributed by atoms with E-state index in [1.165, 1.54) is 89.9 Å². The van der Waals surface area contributed by atoms with E-state index in [1.807, 2.05) is 24.3 Å². The van der Waals surface area contributed by atoms with Crippen LogP contribution in [0.15, 0.2) is 146 Å². The van der Waals surface area contributed by atoms with Crippen molar-refractivity contribution in [1.29, 1.82) is 0 Å². The zero-order valence-corrected chi connectivity index (χ0v) is 66.7. The molecule has 0 aromatic carbocycles. The molecule has 594 valence electrons. The van der Waals surface area contributed by atoms with Gasteiger partial charge in [0, 0.05) is 25.7 Å². The summed E-state index contributed by atoms with van der Waals surface area (Å²) in [5.74, 6) is -2.34. The highest BCUT2D eigenvalue weighted by Crippen LogP contribution is 2.45. The zero-order valence-electron chi connectivity index (χ0n) is 64.9. The lowest BCUT2D eigenvalue weighted by molar-refractivity contribution is -0.161. The number of phosphoric acid groups is 2. The van der Waals surface area contributed by atoms with Crippen molar-refractivity contribution in [2.75, 3.05) is 39.6 Å². The maximum Gasteiger partial charge on any atom is 0.472 e. The minimum absolute atomic E-state index is 0.0603. The van der Waals surface area contributed by atoms with E-state index < -0.39 is 97.5 Å². The van der Waals surface area contributed by atoms with Gasteiger partial charge in [0.1, 0.15) is 19.3 Å². The third kappa shape index (κ3) is 75.2. The van der Waals surface area contributed by atoms with Crippen LogP contribution in [0.5, 0.6) is 0 Å².